The van der Waals surface area contributed by atoms with Gasteiger partial charge in [0.05, 0.1) is 11.9 Å². The lowest BCUT2D eigenvalue weighted by Crippen LogP contribution is -2.38. The van der Waals surface area contributed by atoms with Crippen LogP contribution in [0.4, 0.5) is 10.2 Å². The van der Waals surface area contributed by atoms with E-state index in [1.165, 1.54) is 17.0 Å². The number of anilines is 1. The number of halogens is 1. The Balaban J connectivity index is 1.45. The van der Waals surface area contributed by atoms with Crippen molar-refractivity contribution in [2.45, 2.75) is 19.6 Å². The molecule has 0 fully saturated rings. The number of aromatic nitrogens is 3. The highest BCUT2D eigenvalue weighted by molar-refractivity contribution is 7.44. The number of hydrogen-bond acceptors (Lipinski definition) is 7. The van der Waals surface area contributed by atoms with Gasteiger partial charge in [-0.1, -0.05) is 35.5 Å². The van der Waals surface area contributed by atoms with E-state index in [0.717, 1.165) is 11.1 Å². The van der Waals surface area contributed by atoms with E-state index in [9.17, 15) is 13.8 Å². The zero-order valence-corrected chi connectivity index (χ0v) is 18.2. The van der Waals surface area contributed by atoms with Crippen LogP contribution in [0.5, 0.6) is 0 Å². The molecule has 33 heavy (non-hydrogen) atoms. The van der Waals surface area contributed by atoms with Crippen LogP contribution in [0.1, 0.15) is 22.4 Å². The van der Waals surface area contributed by atoms with E-state index in [4.69, 9.17) is 15.2 Å². The Morgan fingerprint density at radius 2 is 1.88 bits per heavy atom. The van der Waals surface area contributed by atoms with Crippen molar-refractivity contribution in [3.63, 3.8) is 0 Å². The Kier molecular flexibility index (Phi) is 6.62. The first-order valence-electron chi connectivity index (χ1n) is 9.88. The molecule has 0 bridgehead atoms. The third-order valence-electron chi connectivity index (χ3n) is 4.94. The smallest absolute Gasteiger partial charge is 0.285 e. The molecule has 0 aliphatic carbocycles. The monoisotopic (exact) mass is 470 g/mol. The van der Waals surface area contributed by atoms with Crippen LogP contribution in [0, 0.1) is 5.95 Å². The number of hydrogen-bond donors (Lipinski definition) is 2. The molecule has 0 radical (unpaired) electrons. The molecule has 0 spiro atoms. The SMILES string of the molecule is Nc1c(-c2cc(Cc3ccc(Cc4cccnc4F)cc3)no2)ccc[n+]1COP(=O)([O-])O. The van der Waals surface area contributed by atoms with Gasteiger partial charge in [-0.25, -0.2) is 9.55 Å². The number of nitrogens with two attached hydrogens (primary N) is 1. The molecule has 0 aliphatic rings. The summed E-state index contributed by atoms with van der Waals surface area (Å²) < 4.78 is 35.7. The van der Waals surface area contributed by atoms with Crippen LogP contribution in [0.15, 0.2) is 71.5 Å². The van der Waals surface area contributed by atoms with Crippen molar-refractivity contribution in [2.24, 2.45) is 0 Å². The molecule has 0 saturated heterocycles. The lowest BCUT2D eigenvalue weighted by Gasteiger charge is -2.14. The summed E-state index contributed by atoms with van der Waals surface area (Å²) in [6.45, 7) is -0.479. The van der Waals surface area contributed by atoms with Gasteiger partial charge in [-0.15, -0.1) is 0 Å². The summed E-state index contributed by atoms with van der Waals surface area (Å²) in [7, 11) is -4.88. The first-order valence-corrected chi connectivity index (χ1v) is 11.4. The molecule has 9 nitrogen and oxygen atoms in total. The van der Waals surface area contributed by atoms with Crippen LogP contribution in [0.2, 0.25) is 0 Å². The molecule has 3 N–H and O–H groups in total. The van der Waals surface area contributed by atoms with Gasteiger partial charge >= 0.3 is 0 Å². The molecule has 3 heterocycles. The van der Waals surface area contributed by atoms with Crippen LogP contribution < -0.4 is 15.2 Å². The van der Waals surface area contributed by atoms with Crippen LogP contribution in [-0.4, -0.2) is 15.0 Å². The minimum Gasteiger partial charge on any atom is -0.756 e. The third-order valence-corrected chi connectivity index (χ3v) is 5.38. The van der Waals surface area contributed by atoms with E-state index in [0.29, 0.717) is 35.4 Å². The molecule has 3 aromatic heterocycles. The highest BCUT2D eigenvalue weighted by atomic mass is 31.2. The fraction of sp³-hybridized carbons (Fsp3) is 0.136. The summed E-state index contributed by atoms with van der Waals surface area (Å²) in [6, 6.07) is 16.2. The molecular weight excluding hydrogens is 450 g/mol. The maximum Gasteiger partial charge on any atom is 0.285 e. The zero-order chi connectivity index (χ0) is 23.4. The van der Waals surface area contributed by atoms with Gasteiger partial charge in [0.15, 0.2) is 12.5 Å². The largest absolute Gasteiger partial charge is 0.756 e. The molecule has 0 saturated carbocycles. The third kappa shape index (κ3) is 5.88. The summed E-state index contributed by atoms with van der Waals surface area (Å²) in [6.07, 6.45) is 3.88. The number of phosphoric acid groups is 1. The van der Waals surface area contributed by atoms with Gasteiger partial charge in [0, 0.05) is 30.7 Å². The normalized spacial score (nSPS) is 13.1. The second kappa shape index (κ2) is 9.60. The standard InChI is InChI=1S/C22H20FN4O5P/c23-21-17(3-1-9-25-21)11-15-5-7-16(8-6-15)12-18-13-20(32-26-18)19-4-2-10-27(22(19)24)14-31-33(28,29)30/h1-10,13,24H,11-12,14H2,(H2,28,29,30). The Hall–Kier alpha value is -3.43. The van der Waals surface area contributed by atoms with Gasteiger partial charge in [0.1, 0.15) is 5.56 Å². The Morgan fingerprint density at radius 1 is 1.15 bits per heavy atom. The fourth-order valence-electron chi connectivity index (χ4n) is 3.30. The number of benzene rings is 1. The molecule has 1 aromatic carbocycles. The number of pyridine rings is 2. The minimum atomic E-state index is -4.88. The van der Waals surface area contributed by atoms with Crippen LogP contribution in [0.3, 0.4) is 0 Å². The topological polar surface area (TPSA) is 138 Å². The average molecular weight is 470 g/mol. The van der Waals surface area contributed by atoms with Gasteiger partial charge in [-0.2, -0.15) is 4.39 Å². The van der Waals surface area contributed by atoms with Crippen molar-refractivity contribution in [2.75, 3.05) is 5.73 Å². The van der Waals surface area contributed by atoms with Gasteiger partial charge in [-0.3, -0.25) is 14.8 Å². The van der Waals surface area contributed by atoms with Crippen molar-refractivity contribution in [1.29, 1.82) is 0 Å². The fourth-order valence-corrected chi connectivity index (χ4v) is 3.57. The van der Waals surface area contributed by atoms with Crippen molar-refractivity contribution in [3.05, 3.63) is 95.3 Å². The van der Waals surface area contributed by atoms with E-state index < -0.39 is 20.5 Å². The van der Waals surface area contributed by atoms with Crippen molar-refractivity contribution >= 4 is 13.6 Å². The minimum absolute atomic E-state index is 0.181. The lowest BCUT2D eigenvalue weighted by atomic mass is 10.0. The quantitative estimate of drug-likeness (QED) is 0.227. The summed E-state index contributed by atoms with van der Waals surface area (Å²) in [5.74, 6) is 0.110. The maximum atomic E-state index is 13.7. The summed E-state index contributed by atoms with van der Waals surface area (Å²) in [4.78, 5) is 23.3. The number of nitrogens with zero attached hydrogens (tertiary/aromatic N) is 3. The zero-order valence-electron chi connectivity index (χ0n) is 17.3. The second-order valence-corrected chi connectivity index (χ2v) is 8.50. The van der Waals surface area contributed by atoms with Crippen LogP contribution in [-0.2, 0) is 28.7 Å². The molecular formula is C22H20FN4O5P. The number of phosphoric ester groups is 1. The van der Waals surface area contributed by atoms with Gasteiger partial charge < -0.3 is 14.3 Å². The van der Waals surface area contributed by atoms with Gasteiger partial charge in [-0.05, 0) is 29.3 Å². The molecule has 11 heteroatoms. The highest BCUT2D eigenvalue weighted by Crippen LogP contribution is 2.30. The Labute approximate surface area is 188 Å². The first kappa shape index (κ1) is 22.8. The van der Waals surface area contributed by atoms with E-state index >= 15 is 0 Å². The second-order valence-electron chi connectivity index (χ2n) is 7.31. The van der Waals surface area contributed by atoms with E-state index in [1.54, 1.807) is 30.3 Å². The van der Waals surface area contributed by atoms with Crippen LogP contribution in [0.25, 0.3) is 11.3 Å². The molecule has 170 valence electrons. The average Bonchev–Trinajstić information content (AvgIpc) is 3.23. The van der Waals surface area contributed by atoms with Crippen LogP contribution >= 0.6 is 7.82 Å². The molecule has 4 rings (SSSR count). The van der Waals surface area contributed by atoms with Gasteiger partial charge in [0.2, 0.25) is 5.95 Å². The van der Waals surface area contributed by atoms with Crippen molar-refractivity contribution < 1.29 is 32.4 Å². The van der Waals surface area contributed by atoms with E-state index in [1.807, 2.05) is 24.3 Å². The number of nitrogen functional groups attached to an aromatic ring is 1. The summed E-state index contributed by atoms with van der Waals surface area (Å²) in [5, 5.41) is 4.08. The van der Waals surface area contributed by atoms with E-state index in [-0.39, 0.29) is 5.82 Å². The Bertz CT molecular complexity index is 1310. The van der Waals surface area contributed by atoms with Crippen molar-refractivity contribution in [3.8, 4) is 11.3 Å². The van der Waals surface area contributed by atoms with E-state index in [2.05, 4.69) is 14.7 Å². The predicted octanol–water partition coefficient (Wildman–Crippen LogP) is 2.36. The molecule has 0 aliphatic heterocycles. The maximum absolute atomic E-state index is 13.7. The first-order chi connectivity index (χ1) is 15.8. The molecule has 0 amide bonds. The molecule has 4 aromatic rings. The lowest BCUT2D eigenvalue weighted by molar-refractivity contribution is -0.712. The highest BCUT2D eigenvalue weighted by Gasteiger charge is 2.18. The Morgan fingerprint density at radius 3 is 2.58 bits per heavy atom. The summed E-state index contributed by atoms with van der Waals surface area (Å²) >= 11 is 0. The molecule has 1 atom stereocenters. The van der Waals surface area contributed by atoms with Gasteiger partial charge in [0.25, 0.3) is 13.6 Å². The van der Waals surface area contributed by atoms with Crippen molar-refractivity contribution in [1.82, 2.24) is 10.1 Å². The molecule has 1 unspecified atom stereocenters. The number of rotatable bonds is 8. The predicted molar refractivity (Wildman–Crippen MR) is 114 cm³/mol. The summed E-state index contributed by atoms with van der Waals surface area (Å²) in [5.41, 5.74) is 9.73.